The predicted octanol–water partition coefficient (Wildman–Crippen LogP) is 13.2. The topological polar surface area (TPSA) is 30.7 Å². The molecule has 0 aliphatic carbocycles. The van der Waals surface area contributed by atoms with Gasteiger partial charge in [0, 0.05) is 53.3 Å². The molecule has 11 aromatic rings. The van der Waals surface area contributed by atoms with E-state index in [0.717, 1.165) is 33.8 Å². The third kappa shape index (κ3) is 4.45. The molecule has 0 atom stereocenters. The minimum atomic E-state index is 0.709. The first-order valence-corrected chi connectivity index (χ1v) is 18.4. The van der Waals surface area contributed by atoms with Crippen LogP contribution in [-0.4, -0.2) is 14.5 Å². The maximum absolute atomic E-state index is 5.27. The minimum Gasteiger partial charge on any atom is -0.309 e. The maximum Gasteiger partial charge on any atom is 0.160 e. The molecule has 0 radical (unpaired) electrons. The second-order valence-corrected chi connectivity index (χ2v) is 14.4. The molecular formula is C48H29N3S. The van der Waals surface area contributed by atoms with Crippen LogP contribution in [0.25, 0.3) is 103 Å². The van der Waals surface area contributed by atoms with Gasteiger partial charge in [-0.3, -0.25) is 0 Å². The molecule has 52 heavy (non-hydrogen) atoms. The Balaban J connectivity index is 1.11. The number of thiophene rings is 1. The van der Waals surface area contributed by atoms with Gasteiger partial charge in [0.05, 0.1) is 22.4 Å². The van der Waals surface area contributed by atoms with Crippen LogP contribution in [0.3, 0.4) is 0 Å². The molecule has 0 aliphatic rings. The standard InChI is InChI=1S/C48H29N3S/c1-2-13-32(14-3-1)40-29-41(39-19-10-18-38-37-17-8-9-20-44(37)52-47(38)39)50-48(49-40)33-21-25-34(26-22-33)51-42-27-23-30-11-4-6-15-35(30)45(42)46-36-16-7-5-12-31(36)24-28-43(46)51/h1-29H. The summed E-state index contributed by atoms with van der Waals surface area (Å²) in [5, 5.41) is 10.1. The summed E-state index contributed by atoms with van der Waals surface area (Å²) in [6.07, 6.45) is 0. The number of hydrogen-bond acceptors (Lipinski definition) is 3. The Bertz CT molecular complexity index is 3080. The van der Waals surface area contributed by atoms with Crippen LogP contribution < -0.4 is 0 Å². The highest BCUT2D eigenvalue weighted by atomic mass is 32.1. The average Bonchev–Trinajstić information content (AvgIpc) is 3.78. The molecule has 242 valence electrons. The zero-order valence-electron chi connectivity index (χ0n) is 28.0. The first-order valence-electron chi connectivity index (χ1n) is 17.6. The number of fused-ring (bicyclic) bond motifs is 10. The van der Waals surface area contributed by atoms with Crippen LogP contribution in [0, 0.1) is 0 Å². The lowest BCUT2D eigenvalue weighted by molar-refractivity contribution is 1.16. The zero-order valence-corrected chi connectivity index (χ0v) is 28.8. The molecule has 3 heterocycles. The lowest BCUT2D eigenvalue weighted by atomic mass is 10.00. The van der Waals surface area contributed by atoms with Gasteiger partial charge in [-0.05, 0) is 70.1 Å². The van der Waals surface area contributed by atoms with Crippen LogP contribution in [0.15, 0.2) is 176 Å². The Morgan fingerprint density at radius 3 is 1.73 bits per heavy atom. The van der Waals surface area contributed by atoms with Gasteiger partial charge in [-0.25, -0.2) is 9.97 Å². The Morgan fingerprint density at radius 1 is 0.423 bits per heavy atom. The molecule has 0 bridgehead atoms. The fraction of sp³-hybridized carbons (Fsp3) is 0. The summed E-state index contributed by atoms with van der Waals surface area (Å²) in [7, 11) is 0. The third-order valence-electron chi connectivity index (χ3n) is 10.4. The molecule has 0 aliphatic heterocycles. The largest absolute Gasteiger partial charge is 0.309 e. The third-order valence-corrected chi connectivity index (χ3v) is 11.6. The molecule has 0 unspecified atom stereocenters. The first kappa shape index (κ1) is 29.1. The summed E-state index contributed by atoms with van der Waals surface area (Å²) in [5.41, 5.74) is 8.48. The van der Waals surface area contributed by atoms with E-state index in [0.29, 0.717) is 5.82 Å². The smallest absolute Gasteiger partial charge is 0.160 e. The van der Waals surface area contributed by atoms with E-state index in [1.807, 2.05) is 17.4 Å². The highest BCUT2D eigenvalue weighted by Crippen LogP contribution is 2.42. The molecule has 0 spiro atoms. The number of aromatic nitrogens is 3. The molecule has 0 fully saturated rings. The van der Waals surface area contributed by atoms with Crippen LogP contribution in [0.4, 0.5) is 0 Å². The van der Waals surface area contributed by atoms with Crippen molar-refractivity contribution in [3.63, 3.8) is 0 Å². The second-order valence-electron chi connectivity index (χ2n) is 13.4. The Hall–Kier alpha value is -6.62. The second kappa shape index (κ2) is 11.5. The van der Waals surface area contributed by atoms with Crippen molar-refractivity contribution >= 4 is 74.9 Å². The van der Waals surface area contributed by atoms with Gasteiger partial charge in [-0.2, -0.15) is 0 Å². The Morgan fingerprint density at radius 2 is 1.02 bits per heavy atom. The minimum absolute atomic E-state index is 0.709. The lowest BCUT2D eigenvalue weighted by Gasteiger charge is -2.12. The summed E-state index contributed by atoms with van der Waals surface area (Å²) in [4.78, 5) is 10.4. The van der Waals surface area contributed by atoms with Crippen molar-refractivity contribution in [2.45, 2.75) is 0 Å². The summed E-state index contributed by atoms with van der Waals surface area (Å²) in [6, 6.07) is 63.0. The van der Waals surface area contributed by atoms with E-state index >= 15 is 0 Å². The monoisotopic (exact) mass is 679 g/mol. The van der Waals surface area contributed by atoms with Gasteiger partial charge in [-0.15, -0.1) is 11.3 Å². The number of hydrogen-bond donors (Lipinski definition) is 0. The molecule has 0 saturated carbocycles. The normalized spacial score (nSPS) is 11.8. The quantitative estimate of drug-likeness (QED) is 0.185. The Labute approximate surface area is 303 Å². The Kier molecular flexibility index (Phi) is 6.42. The summed E-state index contributed by atoms with van der Waals surface area (Å²) in [5.74, 6) is 0.709. The number of rotatable bonds is 4. The van der Waals surface area contributed by atoms with Crippen molar-refractivity contribution in [3.05, 3.63) is 176 Å². The van der Waals surface area contributed by atoms with E-state index in [4.69, 9.17) is 9.97 Å². The van der Waals surface area contributed by atoms with E-state index in [1.165, 1.54) is 63.5 Å². The fourth-order valence-corrected chi connectivity index (χ4v) is 9.23. The van der Waals surface area contributed by atoms with E-state index < -0.39 is 0 Å². The average molecular weight is 680 g/mol. The van der Waals surface area contributed by atoms with Crippen molar-refractivity contribution in [2.75, 3.05) is 0 Å². The van der Waals surface area contributed by atoms with Gasteiger partial charge in [0.2, 0.25) is 0 Å². The molecular weight excluding hydrogens is 651 g/mol. The first-order chi connectivity index (χ1) is 25.8. The summed E-state index contributed by atoms with van der Waals surface area (Å²) in [6.45, 7) is 0. The van der Waals surface area contributed by atoms with Crippen molar-refractivity contribution in [2.24, 2.45) is 0 Å². The summed E-state index contributed by atoms with van der Waals surface area (Å²) >= 11 is 1.83. The van der Waals surface area contributed by atoms with E-state index in [2.05, 4.69) is 174 Å². The van der Waals surface area contributed by atoms with Gasteiger partial charge < -0.3 is 4.57 Å². The maximum atomic E-state index is 5.27. The number of benzene rings is 8. The summed E-state index contributed by atoms with van der Waals surface area (Å²) < 4.78 is 4.93. The van der Waals surface area contributed by atoms with E-state index in [-0.39, 0.29) is 0 Å². The van der Waals surface area contributed by atoms with E-state index in [9.17, 15) is 0 Å². The molecule has 11 rings (SSSR count). The van der Waals surface area contributed by atoms with Crippen LogP contribution >= 0.6 is 11.3 Å². The SMILES string of the molecule is c1ccc(-c2cc(-c3cccc4c3sc3ccccc34)nc(-c3ccc(-n4c5ccc6ccccc6c5c5c6ccccc6ccc54)cc3)n2)cc1. The molecule has 0 amide bonds. The highest BCUT2D eigenvalue weighted by molar-refractivity contribution is 7.26. The molecule has 4 heteroatoms. The predicted molar refractivity (Wildman–Crippen MR) is 221 cm³/mol. The van der Waals surface area contributed by atoms with Gasteiger partial charge in [-0.1, -0.05) is 127 Å². The fourth-order valence-electron chi connectivity index (χ4n) is 8.01. The highest BCUT2D eigenvalue weighted by Gasteiger charge is 2.19. The molecule has 0 saturated heterocycles. The van der Waals surface area contributed by atoms with Crippen LogP contribution in [0.1, 0.15) is 0 Å². The molecule has 3 nitrogen and oxygen atoms in total. The van der Waals surface area contributed by atoms with Gasteiger partial charge >= 0.3 is 0 Å². The van der Waals surface area contributed by atoms with Crippen LogP contribution in [0.2, 0.25) is 0 Å². The van der Waals surface area contributed by atoms with Gasteiger partial charge in [0.25, 0.3) is 0 Å². The van der Waals surface area contributed by atoms with Gasteiger partial charge in [0.1, 0.15) is 0 Å². The van der Waals surface area contributed by atoms with Crippen LogP contribution in [-0.2, 0) is 0 Å². The van der Waals surface area contributed by atoms with Crippen molar-refractivity contribution in [1.82, 2.24) is 14.5 Å². The molecule has 3 aromatic heterocycles. The van der Waals surface area contributed by atoms with E-state index in [1.54, 1.807) is 0 Å². The molecule has 8 aromatic carbocycles. The zero-order chi connectivity index (χ0) is 34.2. The van der Waals surface area contributed by atoms with Crippen molar-refractivity contribution in [1.29, 1.82) is 0 Å². The van der Waals surface area contributed by atoms with Crippen LogP contribution in [0.5, 0.6) is 0 Å². The van der Waals surface area contributed by atoms with Crippen molar-refractivity contribution < 1.29 is 0 Å². The lowest BCUT2D eigenvalue weighted by Crippen LogP contribution is -1.97. The molecule has 0 N–H and O–H groups in total. The van der Waals surface area contributed by atoms with Gasteiger partial charge in [0.15, 0.2) is 5.82 Å². The van der Waals surface area contributed by atoms with Crippen molar-refractivity contribution in [3.8, 4) is 39.6 Å². The number of nitrogens with zero attached hydrogens (tertiary/aromatic N) is 3.